The predicted molar refractivity (Wildman–Crippen MR) is 67.1 cm³/mol. The summed E-state index contributed by atoms with van der Waals surface area (Å²) in [7, 11) is 0. The molecule has 0 aliphatic heterocycles. The van der Waals surface area contributed by atoms with Crippen molar-refractivity contribution in [3.05, 3.63) is 40.5 Å². The summed E-state index contributed by atoms with van der Waals surface area (Å²) in [5.41, 5.74) is 4.53. The Morgan fingerprint density at radius 1 is 1.25 bits per heavy atom. The van der Waals surface area contributed by atoms with Gasteiger partial charge in [0, 0.05) is 17.5 Å². The summed E-state index contributed by atoms with van der Waals surface area (Å²) in [6, 6.07) is 8.28. The van der Waals surface area contributed by atoms with E-state index in [-0.39, 0.29) is 0 Å². The van der Waals surface area contributed by atoms with E-state index in [1.165, 1.54) is 22.9 Å². The summed E-state index contributed by atoms with van der Waals surface area (Å²) in [4.78, 5) is 8.80. The van der Waals surface area contributed by atoms with Crippen LogP contribution in [0, 0.1) is 0 Å². The van der Waals surface area contributed by atoms with Gasteiger partial charge in [-0.05, 0) is 11.8 Å². The first kappa shape index (κ1) is 10.1. The molecular formula is C12H9ClN2S. The number of aromatic nitrogens is 2. The van der Waals surface area contributed by atoms with Gasteiger partial charge in [0.25, 0.3) is 0 Å². The molecule has 0 fully saturated rings. The normalized spacial score (nSPS) is 12.4. The van der Waals surface area contributed by atoms with Gasteiger partial charge in [-0.15, -0.1) is 0 Å². The Hall–Kier alpha value is -1.06. The van der Waals surface area contributed by atoms with Crippen molar-refractivity contribution in [1.82, 2.24) is 9.97 Å². The molecule has 0 unspecified atom stereocenters. The first-order chi connectivity index (χ1) is 7.79. The molecule has 3 rings (SSSR count). The largest absolute Gasteiger partial charge is 0.222 e. The standard InChI is InChI=1S/C12H9ClN2S/c1-16-12-14-10-8-5-3-2-4-7(8)6-9(10)11(13)15-12/h2-5H,6H2,1H3. The molecule has 0 N–H and O–H groups in total. The van der Waals surface area contributed by atoms with Crippen LogP contribution < -0.4 is 0 Å². The highest BCUT2D eigenvalue weighted by molar-refractivity contribution is 7.98. The van der Waals surface area contributed by atoms with Gasteiger partial charge in [-0.3, -0.25) is 0 Å². The Morgan fingerprint density at radius 2 is 2.06 bits per heavy atom. The molecule has 0 radical (unpaired) electrons. The van der Waals surface area contributed by atoms with Crippen molar-refractivity contribution in [3.8, 4) is 11.3 Å². The first-order valence-electron chi connectivity index (χ1n) is 4.98. The fourth-order valence-corrected chi connectivity index (χ4v) is 2.66. The lowest BCUT2D eigenvalue weighted by Crippen LogP contribution is -1.93. The summed E-state index contributed by atoms with van der Waals surface area (Å²) in [5.74, 6) is 0. The zero-order valence-corrected chi connectivity index (χ0v) is 10.3. The molecule has 1 aromatic carbocycles. The van der Waals surface area contributed by atoms with Crippen LogP contribution >= 0.6 is 23.4 Å². The molecule has 0 bridgehead atoms. The maximum Gasteiger partial charge on any atom is 0.189 e. The second kappa shape index (κ2) is 3.75. The average molecular weight is 249 g/mol. The summed E-state index contributed by atoms with van der Waals surface area (Å²) in [5, 5.41) is 1.33. The number of hydrogen-bond acceptors (Lipinski definition) is 3. The van der Waals surface area contributed by atoms with Crippen molar-refractivity contribution in [2.24, 2.45) is 0 Å². The Labute approximate surface area is 103 Å². The molecule has 0 amide bonds. The van der Waals surface area contributed by atoms with Crippen LogP contribution in [0.3, 0.4) is 0 Å². The Kier molecular flexibility index (Phi) is 2.37. The minimum Gasteiger partial charge on any atom is -0.222 e. The zero-order valence-electron chi connectivity index (χ0n) is 8.70. The lowest BCUT2D eigenvalue weighted by atomic mass is 10.1. The number of halogens is 1. The smallest absolute Gasteiger partial charge is 0.189 e. The molecule has 0 saturated heterocycles. The molecular weight excluding hydrogens is 240 g/mol. The molecule has 1 aromatic heterocycles. The molecule has 4 heteroatoms. The van der Waals surface area contributed by atoms with Crippen molar-refractivity contribution in [1.29, 1.82) is 0 Å². The molecule has 1 aliphatic carbocycles. The zero-order chi connectivity index (χ0) is 11.1. The molecule has 0 spiro atoms. The molecule has 0 atom stereocenters. The van der Waals surface area contributed by atoms with Gasteiger partial charge in [0.2, 0.25) is 0 Å². The van der Waals surface area contributed by atoms with Crippen molar-refractivity contribution >= 4 is 23.4 Å². The van der Waals surface area contributed by atoms with Crippen LogP contribution in [0.2, 0.25) is 5.15 Å². The first-order valence-corrected chi connectivity index (χ1v) is 6.58. The number of benzene rings is 1. The maximum absolute atomic E-state index is 6.18. The van der Waals surface area contributed by atoms with Crippen LogP contribution in [-0.4, -0.2) is 16.2 Å². The van der Waals surface area contributed by atoms with Crippen LogP contribution in [0.1, 0.15) is 11.1 Å². The number of rotatable bonds is 1. The molecule has 80 valence electrons. The number of hydrogen-bond donors (Lipinski definition) is 0. The van der Waals surface area contributed by atoms with Gasteiger partial charge in [-0.2, -0.15) is 0 Å². The molecule has 2 aromatic rings. The fraction of sp³-hybridized carbons (Fsp3) is 0.167. The lowest BCUT2D eigenvalue weighted by Gasteiger charge is -2.03. The lowest BCUT2D eigenvalue weighted by molar-refractivity contribution is 0.960. The molecule has 0 saturated carbocycles. The average Bonchev–Trinajstić information content (AvgIpc) is 2.68. The highest BCUT2D eigenvalue weighted by Gasteiger charge is 2.23. The number of thioether (sulfide) groups is 1. The molecule has 1 heterocycles. The third-order valence-corrected chi connectivity index (χ3v) is 3.62. The van der Waals surface area contributed by atoms with E-state index in [1.54, 1.807) is 0 Å². The Bertz CT molecular complexity index is 569. The van der Waals surface area contributed by atoms with Gasteiger partial charge in [0.15, 0.2) is 5.16 Å². The number of fused-ring (bicyclic) bond motifs is 3. The van der Waals surface area contributed by atoms with E-state index in [0.29, 0.717) is 5.15 Å². The summed E-state index contributed by atoms with van der Waals surface area (Å²) in [6.07, 6.45) is 2.80. The Balaban J connectivity index is 2.27. The van der Waals surface area contributed by atoms with Crippen LogP contribution in [-0.2, 0) is 6.42 Å². The highest BCUT2D eigenvalue weighted by Crippen LogP contribution is 2.38. The molecule has 1 aliphatic rings. The van der Waals surface area contributed by atoms with Crippen LogP contribution in [0.15, 0.2) is 29.4 Å². The van der Waals surface area contributed by atoms with E-state index in [4.69, 9.17) is 11.6 Å². The van der Waals surface area contributed by atoms with Crippen molar-refractivity contribution in [2.75, 3.05) is 6.26 Å². The number of nitrogens with zero attached hydrogens (tertiary/aromatic N) is 2. The minimum atomic E-state index is 0.588. The van der Waals surface area contributed by atoms with E-state index < -0.39 is 0 Å². The predicted octanol–water partition coefficient (Wildman–Crippen LogP) is 3.42. The van der Waals surface area contributed by atoms with Gasteiger partial charge in [-0.25, -0.2) is 9.97 Å². The van der Waals surface area contributed by atoms with E-state index >= 15 is 0 Å². The third-order valence-electron chi connectivity index (χ3n) is 2.76. The van der Waals surface area contributed by atoms with Crippen LogP contribution in [0.5, 0.6) is 0 Å². The fourth-order valence-electron chi connectivity index (χ4n) is 2.00. The highest BCUT2D eigenvalue weighted by atomic mass is 35.5. The van der Waals surface area contributed by atoms with Crippen molar-refractivity contribution in [2.45, 2.75) is 11.6 Å². The topological polar surface area (TPSA) is 25.8 Å². The van der Waals surface area contributed by atoms with E-state index in [9.17, 15) is 0 Å². The second-order valence-electron chi connectivity index (χ2n) is 3.66. The van der Waals surface area contributed by atoms with Gasteiger partial charge in [0.05, 0.1) is 5.69 Å². The van der Waals surface area contributed by atoms with Gasteiger partial charge < -0.3 is 0 Å². The monoisotopic (exact) mass is 248 g/mol. The minimum absolute atomic E-state index is 0.588. The van der Waals surface area contributed by atoms with Gasteiger partial charge in [-0.1, -0.05) is 47.6 Å². The molecule has 2 nitrogen and oxygen atoms in total. The molecule has 16 heavy (non-hydrogen) atoms. The van der Waals surface area contributed by atoms with Crippen molar-refractivity contribution in [3.63, 3.8) is 0 Å². The maximum atomic E-state index is 6.18. The van der Waals surface area contributed by atoms with Gasteiger partial charge >= 0.3 is 0 Å². The van der Waals surface area contributed by atoms with Gasteiger partial charge in [0.1, 0.15) is 5.15 Å². The van der Waals surface area contributed by atoms with E-state index in [2.05, 4.69) is 22.1 Å². The summed E-state index contributed by atoms with van der Waals surface area (Å²) >= 11 is 7.70. The third kappa shape index (κ3) is 1.43. The summed E-state index contributed by atoms with van der Waals surface area (Å²) in [6.45, 7) is 0. The van der Waals surface area contributed by atoms with E-state index in [1.807, 2.05) is 18.4 Å². The summed E-state index contributed by atoms with van der Waals surface area (Å²) < 4.78 is 0. The van der Waals surface area contributed by atoms with Crippen LogP contribution in [0.25, 0.3) is 11.3 Å². The van der Waals surface area contributed by atoms with Crippen LogP contribution in [0.4, 0.5) is 0 Å². The quantitative estimate of drug-likeness (QED) is 0.375. The second-order valence-corrected chi connectivity index (χ2v) is 4.79. The van der Waals surface area contributed by atoms with E-state index in [0.717, 1.165) is 22.8 Å². The Morgan fingerprint density at radius 3 is 2.88 bits per heavy atom. The van der Waals surface area contributed by atoms with Crippen molar-refractivity contribution < 1.29 is 0 Å². The SMILES string of the molecule is CSc1nc(Cl)c2c(n1)-c1ccccc1C2.